The number of para-hydroxylation sites is 1. The molecule has 3 heterocycles. The van der Waals surface area contributed by atoms with Gasteiger partial charge >= 0.3 is 5.97 Å². The molecule has 2 aliphatic rings. The summed E-state index contributed by atoms with van der Waals surface area (Å²) in [4.78, 5) is 48.6. The van der Waals surface area contributed by atoms with Gasteiger partial charge in [0.1, 0.15) is 10.3 Å². The number of fused-ring (bicyclic) bond motifs is 2. The van der Waals surface area contributed by atoms with E-state index in [4.69, 9.17) is 21.1 Å². The van der Waals surface area contributed by atoms with E-state index in [1.807, 2.05) is 48.5 Å². The molecule has 0 bridgehead atoms. The fraction of sp³-hybridized carbons (Fsp3) is 0.212. The number of methoxy groups -OCH3 is 1. The van der Waals surface area contributed by atoms with Crippen LogP contribution in [0.25, 0.3) is 5.57 Å². The molecule has 6 rings (SSSR count). The number of ether oxygens (including phenoxy) is 2. The second kappa shape index (κ2) is 11.3. The van der Waals surface area contributed by atoms with Gasteiger partial charge in [-0.3, -0.25) is 14.2 Å². The molecule has 1 aromatic heterocycles. The van der Waals surface area contributed by atoms with Crippen LogP contribution in [-0.4, -0.2) is 29.7 Å². The summed E-state index contributed by atoms with van der Waals surface area (Å²) in [6, 6.07) is 21.1. The first kappa shape index (κ1) is 28.6. The average Bonchev–Trinajstić information content (AvgIpc) is 3.45. The van der Waals surface area contributed by atoms with Crippen molar-refractivity contribution in [3.8, 4) is 5.75 Å². The van der Waals surface area contributed by atoms with E-state index in [0.717, 1.165) is 16.9 Å². The number of hydrogen-bond donors (Lipinski definition) is 0. The Morgan fingerprint density at radius 2 is 1.72 bits per heavy atom. The highest BCUT2D eigenvalue weighted by Gasteiger charge is 2.37. The van der Waals surface area contributed by atoms with Gasteiger partial charge in [0.05, 0.1) is 48.3 Å². The molecule has 2 aliphatic heterocycles. The summed E-state index contributed by atoms with van der Waals surface area (Å²) in [7, 11) is 1.57. The van der Waals surface area contributed by atoms with Crippen molar-refractivity contribution < 1.29 is 19.1 Å². The number of carbonyl (C=O) groups is 2. The molecule has 10 heteroatoms. The van der Waals surface area contributed by atoms with E-state index in [1.54, 1.807) is 57.0 Å². The number of nitrogens with zero attached hydrogens (tertiary/aromatic N) is 3. The molecular weight excluding hydrogens is 586 g/mol. The van der Waals surface area contributed by atoms with Crippen molar-refractivity contribution in [3.63, 3.8) is 0 Å². The van der Waals surface area contributed by atoms with Crippen molar-refractivity contribution >= 4 is 46.1 Å². The van der Waals surface area contributed by atoms with Crippen LogP contribution < -0.4 is 24.5 Å². The van der Waals surface area contributed by atoms with E-state index in [2.05, 4.69) is 4.99 Å². The number of rotatable bonds is 6. The van der Waals surface area contributed by atoms with Crippen molar-refractivity contribution in [2.24, 2.45) is 4.99 Å². The number of aromatic nitrogens is 1. The first-order chi connectivity index (χ1) is 20.7. The molecule has 1 amide bonds. The lowest BCUT2D eigenvalue weighted by atomic mass is 9.95. The number of amides is 1. The Hall–Kier alpha value is -4.47. The average molecular weight is 614 g/mol. The van der Waals surface area contributed by atoms with Crippen LogP contribution in [0.1, 0.15) is 43.5 Å². The Labute approximate surface area is 256 Å². The third-order valence-electron chi connectivity index (χ3n) is 7.40. The van der Waals surface area contributed by atoms with E-state index in [0.29, 0.717) is 50.2 Å². The molecule has 4 aromatic rings. The number of anilines is 1. The standard InChI is InChI=1S/C33H28ClN3O5S/c1-18(2)42-32(40)26-19(3)35-33-37(28(26)21-11-15-23(41-4)16-12-21)31(39)29(43-33)27-24-7-5-6-8-25(24)36(30(27)38)17-20-9-13-22(34)14-10-20/h5-16,18,28H,17H2,1-4H3/b29-27+/t28-/m1/s1. The Morgan fingerprint density at radius 1 is 1.02 bits per heavy atom. The van der Waals surface area contributed by atoms with Gasteiger partial charge in [-0.1, -0.05) is 65.4 Å². The van der Waals surface area contributed by atoms with Crippen LogP contribution >= 0.6 is 22.9 Å². The highest BCUT2D eigenvalue weighted by molar-refractivity contribution is 7.07. The van der Waals surface area contributed by atoms with Crippen molar-refractivity contribution in [1.29, 1.82) is 0 Å². The van der Waals surface area contributed by atoms with E-state index in [9.17, 15) is 14.4 Å². The molecule has 0 spiro atoms. The predicted molar refractivity (Wildman–Crippen MR) is 166 cm³/mol. The van der Waals surface area contributed by atoms with Gasteiger partial charge in [0.2, 0.25) is 0 Å². The second-order valence-electron chi connectivity index (χ2n) is 10.5. The molecule has 43 heavy (non-hydrogen) atoms. The maximum atomic E-state index is 14.4. The molecule has 0 saturated carbocycles. The minimum atomic E-state index is -0.806. The quantitative estimate of drug-likeness (QED) is 0.292. The van der Waals surface area contributed by atoms with Crippen LogP contribution in [0.5, 0.6) is 5.75 Å². The predicted octanol–water partition coefficient (Wildman–Crippen LogP) is 4.77. The summed E-state index contributed by atoms with van der Waals surface area (Å²) in [5.74, 6) is -0.191. The molecule has 0 aliphatic carbocycles. The molecule has 0 radical (unpaired) electrons. The van der Waals surface area contributed by atoms with Gasteiger partial charge in [-0.2, -0.15) is 0 Å². The van der Waals surface area contributed by atoms with Crippen LogP contribution in [0.15, 0.2) is 93.9 Å². The maximum Gasteiger partial charge on any atom is 0.338 e. The highest BCUT2D eigenvalue weighted by Crippen LogP contribution is 2.37. The normalized spacial score (nSPS) is 17.1. The minimum absolute atomic E-state index is 0.264. The first-order valence-corrected chi connectivity index (χ1v) is 14.9. The summed E-state index contributed by atoms with van der Waals surface area (Å²) >= 11 is 7.22. The number of halogens is 1. The molecule has 3 aromatic carbocycles. The number of esters is 1. The molecule has 0 saturated heterocycles. The van der Waals surface area contributed by atoms with Gasteiger partial charge in [0.25, 0.3) is 11.5 Å². The Morgan fingerprint density at radius 3 is 2.40 bits per heavy atom. The SMILES string of the molecule is COc1ccc([C@@H]2C(C(=O)OC(C)C)=C(C)N=c3s/c(=C4/C(=O)N(Cc5ccc(Cl)cc5)c5ccccc54)c(=O)n32)cc1. The molecule has 218 valence electrons. The van der Waals surface area contributed by atoms with Gasteiger partial charge in [-0.25, -0.2) is 9.79 Å². The van der Waals surface area contributed by atoms with Gasteiger partial charge < -0.3 is 14.4 Å². The Kier molecular flexibility index (Phi) is 7.54. The summed E-state index contributed by atoms with van der Waals surface area (Å²) in [6.07, 6.45) is -0.365. The third-order valence-corrected chi connectivity index (χ3v) is 8.70. The molecule has 0 unspecified atom stereocenters. The molecule has 1 atom stereocenters. The monoisotopic (exact) mass is 613 g/mol. The van der Waals surface area contributed by atoms with Gasteiger partial charge in [-0.15, -0.1) is 0 Å². The van der Waals surface area contributed by atoms with Crippen LogP contribution in [-0.2, 0) is 20.9 Å². The fourth-order valence-electron chi connectivity index (χ4n) is 5.44. The Bertz CT molecular complexity index is 1970. The molecule has 0 fully saturated rings. The van der Waals surface area contributed by atoms with Crippen LogP contribution in [0.3, 0.4) is 0 Å². The Balaban J connectivity index is 1.55. The fourth-order valence-corrected chi connectivity index (χ4v) is 6.70. The lowest BCUT2D eigenvalue weighted by Crippen LogP contribution is -2.41. The third kappa shape index (κ3) is 5.08. The van der Waals surface area contributed by atoms with E-state index < -0.39 is 17.6 Å². The minimum Gasteiger partial charge on any atom is -0.497 e. The van der Waals surface area contributed by atoms with Crippen LogP contribution in [0.2, 0.25) is 5.02 Å². The smallest absolute Gasteiger partial charge is 0.338 e. The zero-order valence-electron chi connectivity index (χ0n) is 24.0. The van der Waals surface area contributed by atoms with E-state index in [1.165, 1.54) is 4.57 Å². The topological polar surface area (TPSA) is 90.2 Å². The molecule has 0 N–H and O–H groups in total. The van der Waals surface area contributed by atoms with Crippen molar-refractivity contribution in [3.05, 3.63) is 125 Å². The summed E-state index contributed by atoms with van der Waals surface area (Å²) < 4.78 is 12.7. The zero-order valence-corrected chi connectivity index (χ0v) is 25.5. The highest BCUT2D eigenvalue weighted by atomic mass is 35.5. The number of benzene rings is 3. The maximum absolute atomic E-state index is 14.4. The van der Waals surface area contributed by atoms with Gasteiger partial charge in [0, 0.05) is 10.6 Å². The van der Waals surface area contributed by atoms with Crippen molar-refractivity contribution in [2.45, 2.75) is 39.5 Å². The number of allylic oxidation sites excluding steroid dienone is 1. The number of hydrogen-bond acceptors (Lipinski definition) is 7. The number of carbonyl (C=O) groups excluding carboxylic acids is 2. The second-order valence-corrected chi connectivity index (χ2v) is 12.0. The molecule has 8 nitrogen and oxygen atoms in total. The van der Waals surface area contributed by atoms with Crippen molar-refractivity contribution in [2.75, 3.05) is 12.0 Å². The van der Waals surface area contributed by atoms with E-state index >= 15 is 0 Å². The summed E-state index contributed by atoms with van der Waals surface area (Å²) in [5.41, 5.74) is 3.60. The summed E-state index contributed by atoms with van der Waals surface area (Å²) in [5, 5.41) is 0.608. The van der Waals surface area contributed by atoms with Crippen molar-refractivity contribution in [1.82, 2.24) is 4.57 Å². The van der Waals surface area contributed by atoms with Gasteiger partial charge in [-0.05, 0) is 62.2 Å². The first-order valence-electron chi connectivity index (χ1n) is 13.7. The zero-order chi connectivity index (χ0) is 30.4. The largest absolute Gasteiger partial charge is 0.497 e. The van der Waals surface area contributed by atoms with E-state index in [-0.39, 0.29) is 22.1 Å². The van der Waals surface area contributed by atoms with Crippen LogP contribution in [0.4, 0.5) is 5.69 Å². The summed E-state index contributed by atoms with van der Waals surface area (Å²) in [6.45, 7) is 5.59. The number of thiazole rings is 1. The van der Waals surface area contributed by atoms with Crippen LogP contribution in [0, 0.1) is 0 Å². The lowest BCUT2D eigenvalue weighted by Gasteiger charge is -2.25. The lowest BCUT2D eigenvalue weighted by molar-refractivity contribution is -0.143. The van der Waals surface area contributed by atoms with Gasteiger partial charge in [0.15, 0.2) is 4.80 Å². The molecular formula is C33H28ClN3O5S.